The number of H-pyrrole nitrogens is 2. The maximum Gasteiger partial charge on any atom is 1.00 e. The average Bonchev–Trinajstić information content (AvgIpc) is 4.14. The Balaban J connectivity index is 0.000000144. The molecule has 8 bridgehead atoms. The maximum atomic E-state index is 13.4. The SMILES string of the molecule is CC(CC(=O)N1C2CC3CC1CC(C(=O)O)(C3)C2)c1c[nH]c2cccc(C3CC3)c12.CC(CC(=O)N1C2CC3CC1CC(C(=O)[O-])(C3)C2)c1c[nH]c2cccc(C3CC3)c12.[Na+]. The Morgan fingerprint density at radius 1 is 0.656 bits per heavy atom. The molecule has 316 valence electrons. The summed E-state index contributed by atoms with van der Waals surface area (Å²) in [6.07, 6.45) is 18.2. The van der Waals surface area contributed by atoms with E-state index in [4.69, 9.17) is 0 Å². The van der Waals surface area contributed by atoms with Gasteiger partial charge < -0.3 is 34.8 Å². The van der Waals surface area contributed by atoms with E-state index in [0.717, 1.165) is 38.5 Å². The number of aliphatic carboxylic acids is 2. The van der Waals surface area contributed by atoms with Gasteiger partial charge in [0.2, 0.25) is 11.8 Å². The third-order valence-electron chi connectivity index (χ3n) is 16.9. The van der Waals surface area contributed by atoms with Crippen molar-refractivity contribution in [3.8, 4) is 0 Å². The minimum Gasteiger partial charge on any atom is -0.550 e. The Hall–Kier alpha value is -3.60. The number of nitrogens with one attached hydrogen (secondary N) is 2. The van der Waals surface area contributed by atoms with Crippen molar-refractivity contribution < 1.29 is 58.9 Å². The van der Waals surface area contributed by atoms with Crippen molar-refractivity contribution in [1.82, 2.24) is 19.8 Å². The molecule has 2 amide bonds. The fourth-order valence-corrected chi connectivity index (χ4v) is 14.3. The molecule has 61 heavy (non-hydrogen) atoms. The largest absolute Gasteiger partial charge is 1.00 e. The van der Waals surface area contributed by atoms with E-state index in [9.17, 15) is 29.4 Å². The molecule has 0 radical (unpaired) electrons. The Morgan fingerprint density at radius 2 is 1.05 bits per heavy atom. The van der Waals surface area contributed by atoms with Gasteiger partial charge in [0, 0.05) is 82.6 Å². The third kappa shape index (κ3) is 7.00. The van der Waals surface area contributed by atoms with Crippen LogP contribution in [0.5, 0.6) is 0 Å². The molecule has 6 unspecified atom stereocenters. The number of nitrogens with zero attached hydrogens (tertiary/aromatic N) is 2. The number of carboxylic acid groups (broad SMARTS) is 2. The smallest absolute Gasteiger partial charge is 0.550 e. The molecule has 2 aromatic carbocycles. The zero-order chi connectivity index (χ0) is 41.2. The normalized spacial score (nSPS) is 32.7. The minimum atomic E-state index is -0.895. The second-order valence-electron chi connectivity index (χ2n) is 21.1. The Morgan fingerprint density at radius 3 is 1.43 bits per heavy atom. The number of hydrogen-bond acceptors (Lipinski definition) is 5. The summed E-state index contributed by atoms with van der Waals surface area (Å²) >= 11 is 0. The van der Waals surface area contributed by atoms with Crippen LogP contribution < -0.4 is 34.7 Å². The van der Waals surface area contributed by atoms with Gasteiger partial charge in [0.25, 0.3) is 0 Å². The zero-order valence-electron chi connectivity index (χ0n) is 36.1. The van der Waals surface area contributed by atoms with Crippen LogP contribution >= 0.6 is 0 Å². The van der Waals surface area contributed by atoms with Gasteiger partial charge in [-0.2, -0.15) is 0 Å². The fraction of sp³-hybridized carbons (Fsp3) is 0.600. The first kappa shape index (κ1) is 41.4. The van der Waals surface area contributed by atoms with Crippen LogP contribution in [0.4, 0.5) is 0 Å². The molecule has 2 aromatic heterocycles. The molecule has 6 saturated carbocycles. The van der Waals surface area contributed by atoms with Crippen molar-refractivity contribution in [3.63, 3.8) is 0 Å². The van der Waals surface area contributed by atoms with Crippen molar-refractivity contribution in [2.45, 2.75) is 164 Å². The van der Waals surface area contributed by atoms with Gasteiger partial charge in [-0.05, 0) is 160 Å². The summed E-state index contributed by atoms with van der Waals surface area (Å²) in [7, 11) is 0. The summed E-state index contributed by atoms with van der Waals surface area (Å²) in [4.78, 5) is 61.7. The first-order chi connectivity index (χ1) is 28.9. The molecule has 14 rings (SSSR count). The van der Waals surface area contributed by atoms with Gasteiger partial charge in [0.15, 0.2) is 0 Å². The van der Waals surface area contributed by atoms with Crippen LogP contribution in [-0.2, 0) is 19.2 Å². The van der Waals surface area contributed by atoms with Crippen LogP contribution in [0.3, 0.4) is 0 Å². The number of aromatic nitrogens is 2. The predicted molar refractivity (Wildman–Crippen MR) is 226 cm³/mol. The van der Waals surface area contributed by atoms with Crippen LogP contribution in [-0.4, -0.2) is 72.8 Å². The first-order valence-corrected chi connectivity index (χ1v) is 23.2. The molecule has 11 heteroatoms. The summed E-state index contributed by atoms with van der Waals surface area (Å²) in [5.74, 6) is 1.42. The average molecular weight is 835 g/mol. The number of carbonyl (C=O) groups excluding carboxylic acids is 3. The van der Waals surface area contributed by atoms with Crippen molar-refractivity contribution in [2.24, 2.45) is 22.7 Å². The summed E-state index contributed by atoms with van der Waals surface area (Å²) in [6, 6.07) is 13.4. The van der Waals surface area contributed by atoms with Gasteiger partial charge in [0.1, 0.15) is 0 Å². The van der Waals surface area contributed by atoms with Crippen LogP contribution in [0.1, 0.15) is 163 Å². The Labute approximate surface area is 380 Å². The molecule has 6 atom stereocenters. The number of benzene rings is 2. The van der Waals surface area contributed by atoms with E-state index in [1.807, 2.05) is 0 Å². The molecular weight excluding hydrogens is 776 g/mol. The minimum absolute atomic E-state index is 0. The summed E-state index contributed by atoms with van der Waals surface area (Å²) in [5, 5.41) is 24.3. The van der Waals surface area contributed by atoms with Gasteiger partial charge in [-0.25, -0.2) is 0 Å². The molecule has 4 aliphatic heterocycles. The molecular formula is C50H59N4NaO6. The van der Waals surface area contributed by atoms with Gasteiger partial charge in [-0.3, -0.25) is 14.4 Å². The molecule has 6 heterocycles. The van der Waals surface area contributed by atoms with Crippen LogP contribution in [0, 0.1) is 22.7 Å². The number of hydrogen-bond donors (Lipinski definition) is 3. The molecule has 3 N–H and O–H groups in total. The van der Waals surface area contributed by atoms with Gasteiger partial charge in [0.05, 0.1) is 5.41 Å². The van der Waals surface area contributed by atoms with Crippen molar-refractivity contribution in [3.05, 3.63) is 71.0 Å². The van der Waals surface area contributed by atoms with Crippen LogP contribution in [0.15, 0.2) is 48.8 Å². The molecule has 4 aromatic rings. The monoisotopic (exact) mass is 834 g/mol. The van der Waals surface area contributed by atoms with E-state index in [2.05, 4.69) is 82.4 Å². The van der Waals surface area contributed by atoms with Crippen LogP contribution in [0.25, 0.3) is 21.8 Å². The number of amides is 2. The van der Waals surface area contributed by atoms with Crippen molar-refractivity contribution >= 4 is 45.6 Å². The Bertz CT molecular complexity index is 2210. The Kier molecular flexibility index (Phi) is 10.4. The molecule has 10 nitrogen and oxygen atoms in total. The standard InChI is InChI=1S/2C25H30N2O3.Na/c2*1-14(20-13-26-21-4-2-3-19(23(20)21)16-5-6-16)7-22(28)27-17-8-15-9-18(27)12-25(10-15,11-17)24(29)30;/h2*2-4,13-18,26H,5-12H2,1H3,(H,29,30);/q;;+1/p-1. The van der Waals surface area contributed by atoms with Gasteiger partial charge in [-0.1, -0.05) is 38.1 Å². The molecule has 10 aliphatic rings. The quantitative estimate of drug-likeness (QED) is 0.186. The fourth-order valence-electron chi connectivity index (χ4n) is 14.3. The van der Waals surface area contributed by atoms with Crippen molar-refractivity contribution in [2.75, 3.05) is 0 Å². The van der Waals surface area contributed by atoms with E-state index in [1.165, 1.54) is 69.7 Å². The van der Waals surface area contributed by atoms with E-state index in [0.29, 0.717) is 62.2 Å². The number of carboxylic acids is 2. The molecule has 10 fully saturated rings. The number of piperidine rings is 4. The number of fused-ring (bicyclic) bond motifs is 2. The number of rotatable bonds is 10. The summed E-state index contributed by atoms with van der Waals surface area (Å²) in [5.41, 5.74) is 6.44. The van der Waals surface area contributed by atoms with Gasteiger partial charge >= 0.3 is 35.5 Å². The van der Waals surface area contributed by atoms with Gasteiger partial charge in [-0.15, -0.1) is 0 Å². The second kappa shape index (κ2) is 15.3. The predicted octanol–water partition coefficient (Wildman–Crippen LogP) is 5.24. The molecule has 4 saturated heterocycles. The van der Waals surface area contributed by atoms with E-state index >= 15 is 0 Å². The first-order valence-electron chi connectivity index (χ1n) is 23.2. The number of aromatic amines is 2. The molecule has 6 aliphatic carbocycles. The molecule has 0 spiro atoms. The summed E-state index contributed by atoms with van der Waals surface area (Å²) in [6.45, 7) is 4.32. The van der Waals surface area contributed by atoms with E-state index < -0.39 is 22.8 Å². The van der Waals surface area contributed by atoms with E-state index in [-0.39, 0.29) is 77.4 Å². The topological polar surface area (TPSA) is 150 Å². The zero-order valence-corrected chi connectivity index (χ0v) is 38.1. The number of carbonyl (C=O) groups is 4. The maximum absolute atomic E-state index is 13.4. The van der Waals surface area contributed by atoms with Crippen molar-refractivity contribution in [1.29, 1.82) is 0 Å². The van der Waals surface area contributed by atoms with Crippen LogP contribution in [0.2, 0.25) is 0 Å². The van der Waals surface area contributed by atoms with E-state index in [1.54, 1.807) is 0 Å². The third-order valence-corrected chi connectivity index (χ3v) is 16.9. The second-order valence-corrected chi connectivity index (χ2v) is 21.1. The summed E-state index contributed by atoms with van der Waals surface area (Å²) < 4.78 is 0.